The normalized spacial score (nSPS) is 13.0. The van der Waals surface area contributed by atoms with Gasteiger partial charge in [-0.3, -0.25) is 0 Å². The molecule has 1 aromatic heterocycles. The molecule has 1 heteroatoms. The quantitative estimate of drug-likeness (QED) is 0.157. The summed E-state index contributed by atoms with van der Waals surface area (Å²) in [5.74, 6) is 0. The van der Waals surface area contributed by atoms with Gasteiger partial charge in [-0.2, -0.15) is 0 Å². The number of hydrogen-bond acceptors (Lipinski definition) is 1. The van der Waals surface area contributed by atoms with E-state index < -0.39 is 0 Å². The summed E-state index contributed by atoms with van der Waals surface area (Å²) in [6.45, 7) is 4.72. The van der Waals surface area contributed by atoms with Crippen LogP contribution in [0.15, 0.2) is 259 Å². The number of furan rings is 1. The summed E-state index contributed by atoms with van der Waals surface area (Å²) in [5, 5.41) is 17.3. The second-order valence-corrected chi connectivity index (χ2v) is 21.5. The van der Waals surface area contributed by atoms with E-state index in [-0.39, 0.29) is 5.41 Å². The first-order valence-electron chi connectivity index (χ1n) is 26.5. The first kappa shape index (κ1) is 42.9. The summed E-state index contributed by atoms with van der Waals surface area (Å²) in [5.41, 5.74) is 19.3. The second-order valence-electron chi connectivity index (χ2n) is 21.5. The average molecular weight is 965 g/mol. The standard InChI is InChI=1S/C75H48O/c1-75(2)69-21-11-9-18-59(69)60-37-33-50(42-70(60)75)45-23-27-48(28-24-45)64-41-54-32-31-47-13-3-5-15-55(47)73(54)67-40-53(35-36-58(64)67)65-39-52-14-4-6-16-56(52)74-63-20-8-7-17-57(63)66(44-68(65)74)49-29-25-46(26-30-49)51-34-38-62-61-19-10-12-22-71(61)76-72(62)43-51/h3-44H,1-2H3. The Morgan fingerprint density at radius 1 is 0.237 bits per heavy atom. The van der Waals surface area contributed by atoms with Gasteiger partial charge in [-0.15, -0.1) is 0 Å². The summed E-state index contributed by atoms with van der Waals surface area (Å²) < 4.78 is 6.30. The van der Waals surface area contributed by atoms with Gasteiger partial charge >= 0.3 is 0 Å². The van der Waals surface area contributed by atoms with Crippen LogP contribution in [0.5, 0.6) is 0 Å². The van der Waals surface area contributed by atoms with Crippen LogP contribution in [-0.2, 0) is 5.41 Å². The fourth-order valence-electron chi connectivity index (χ4n) is 13.2. The van der Waals surface area contributed by atoms with Gasteiger partial charge in [0.2, 0.25) is 0 Å². The van der Waals surface area contributed by atoms with E-state index in [9.17, 15) is 0 Å². The molecule has 0 radical (unpaired) electrons. The molecule has 16 rings (SSSR count). The van der Waals surface area contributed by atoms with Crippen molar-refractivity contribution in [3.05, 3.63) is 266 Å². The number of rotatable bonds is 5. The van der Waals surface area contributed by atoms with Crippen LogP contribution in [0.4, 0.5) is 0 Å². The van der Waals surface area contributed by atoms with Crippen LogP contribution in [0.2, 0.25) is 0 Å². The highest BCUT2D eigenvalue weighted by atomic mass is 16.3. The molecule has 15 aromatic rings. The van der Waals surface area contributed by atoms with Crippen molar-refractivity contribution in [3.63, 3.8) is 0 Å². The number of benzene rings is 14. The van der Waals surface area contributed by atoms with E-state index in [0.29, 0.717) is 0 Å². The Balaban J connectivity index is 0.858. The van der Waals surface area contributed by atoms with Gasteiger partial charge in [0, 0.05) is 16.2 Å². The average Bonchev–Trinajstić information content (AvgIpc) is 4.05. The molecular weight excluding hydrogens is 917 g/mol. The Morgan fingerprint density at radius 3 is 1.53 bits per heavy atom. The van der Waals surface area contributed by atoms with Crippen molar-refractivity contribution >= 4 is 86.6 Å². The molecule has 1 aliphatic carbocycles. The molecule has 0 atom stereocenters. The molecule has 354 valence electrons. The highest BCUT2D eigenvalue weighted by molar-refractivity contribution is 6.28. The van der Waals surface area contributed by atoms with Crippen molar-refractivity contribution in [1.29, 1.82) is 0 Å². The van der Waals surface area contributed by atoms with E-state index in [1.807, 2.05) is 12.1 Å². The Morgan fingerprint density at radius 2 is 0.737 bits per heavy atom. The minimum absolute atomic E-state index is 0.0501. The topological polar surface area (TPSA) is 13.1 Å². The first-order chi connectivity index (χ1) is 37.4. The molecule has 0 unspecified atom stereocenters. The van der Waals surface area contributed by atoms with Gasteiger partial charge < -0.3 is 4.42 Å². The van der Waals surface area contributed by atoms with E-state index >= 15 is 0 Å². The zero-order chi connectivity index (χ0) is 50.2. The minimum atomic E-state index is -0.0501. The van der Waals surface area contributed by atoms with Crippen molar-refractivity contribution in [3.8, 4) is 66.8 Å². The molecule has 0 fully saturated rings. The molecule has 1 aliphatic rings. The van der Waals surface area contributed by atoms with Crippen LogP contribution in [0.25, 0.3) is 153 Å². The van der Waals surface area contributed by atoms with E-state index in [0.717, 1.165) is 33.1 Å². The SMILES string of the molecule is CC1(C)c2ccccc2-c2ccc(-c3ccc(-c4cc5ccc6ccccc6c5c5cc(-c6cc7ccccc7c7c6cc(-c6ccc(-c8ccc9c(c8)oc8ccccc89)cc6)c6ccccc67)ccc45)cc3)cc21. The molecular formula is C75H48O. The van der Waals surface area contributed by atoms with Crippen LogP contribution in [-0.4, -0.2) is 0 Å². The zero-order valence-corrected chi connectivity index (χ0v) is 42.2. The Kier molecular flexibility index (Phi) is 9.15. The maximum Gasteiger partial charge on any atom is 0.136 e. The van der Waals surface area contributed by atoms with Crippen molar-refractivity contribution in [2.75, 3.05) is 0 Å². The van der Waals surface area contributed by atoms with Gasteiger partial charge in [0.05, 0.1) is 0 Å². The number of hydrogen-bond donors (Lipinski definition) is 0. The molecule has 0 amide bonds. The molecule has 14 aromatic carbocycles. The maximum atomic E-state index is 6.30. The highest BCUT2D eigenvalue weighted by Crippen LogP contribution is 2.50. The lowest BCUT2D eigenvalue weighted by atomic mass is 9.81. The molecule has 1 heterocycles. The van der Waals surface area contributed by atoms with Crippen LogP contribution in [0, 0.1) is 0 Å². The predicted molar refractivity (Wildman–Crippen MR) is 324 cm³/mol. The van der Waals surface area contributed by atoms with Gasteiger partial charge in [-0.05, 0) is 191 Å². The van der Waals surface area contributed by atoms with Crippen molar-refractivity contribution in [1.82, 2.24) is 0 Å². The van der Waals surface area contributed by atoms with E-state index in [2.05, 4.69) is 257 Å². The summed E-state index contributed by atoms with van der Waals surface area (Å²) in [4.78, 5) is 0. The van der Waals surface area contributed by atoms with Crippen molar-refractivity contribution < 1.29 is 4.42 Å². The van der Waals surface area contributed by atoms with E-state index in [1.54, 1.807) is 0 Å². The largest absolute Gasteiger partial charge is 0.456 e. The molecule has 1 nitrogen and oxygen atoms in total. The third-order valence-corrected chi connectivity index (χ3v) is 17.0. The summed E-state index contributed by atoms with van der Waals surface area (Å²) in [6, 6.07) is 95.1. The monoisotopic (exact) mass is 964 g/mol. The molecule has 0 spiro atoms. The van der Waals surface area contributed by atoms with Crippen LogP contribution in [0.1, 0.15) is 25.0 Å². The fourth-order valence-corrected chi connectivity index (χ4v) is 13.2. The molecule has 76 heavy (non-hydrogen) atoms. The molecule has 0 saturated heterocycles. The van der Waals surface area contributed by atoms with Crippen LogP contribution >= 0.6 is 0 Å². The lowest BCUT2D eigenvalue weighted by Gasteiger charge is -2.22. The highest BCUT2D eigenvalue weighted by Gasteiger charge is 2.35. The van der Waals surface area contributed by atoms with Gasteiger partial charge in [0.15, 0.2) is 0 Å². The van der Waals surface area contributed by atoms with Gasteiger partial charge in [0.25, 0.3) is 0 Å². The van der Waals surface area contributed by atoms with Gasteiger partial charge in [-0.1, -0.05) is 220 Å². The molecule has 0 N–H and O–H groups in total. The Labute approximate surface area is 440 Å². The maximum absolute atomic E-state index is 6.30. The number of para-hydroxylation sites is 1. The summed E-state index contributed by atoms with van der Waals surface area (Å²) in [7, 11) is 0. The summed E-state index contributed by atoms with van der Waals surface area (Å²) >= 11 is 0. The van der Waals surface area contributed by atoms with Gasteiger partial charge in [0.1, 0.15) is 11.2 Å². The second kappa shape index (κ2) is 16.2. The van der Waals surface area contributed by atoms with Crippen LogP contribution in [0.3, 0.4) is 0 Å². The lowest BCUT2D eigenvalue weighted by molar-refractivity contribution is 0.660. The molecule has 0 bridgehead atoms. The summed E-state index contributed by atoms with van der Waals surface area (Å²) in [6.07, 6.45) is 0. The lowest BCUT2D eigenvalue weighted by Crippen LogP contribution is -2.14. The first-order valence-corrected chi connectivity index (χ1v) is 26.5. The third-order valence-electron chi connectivity index (χ3n) is 17.0. The Hall–Kier alpha value is -9.56. The Bertz CT molecular complexity index is 4930. The van der Waals surface area contributed by atoms with E-state index in [1.165, 1.54) is 131 Å². The van der Waals surface area contributed by atoms with Crippen molar-refractivity contribution in [2.24, 2.45) is 0 Å². The van der Waals surface area contributed by atoms with E-state index in [4.69, 9.17) is 4.42 Å². The minimum Gasteiger partial charge on any atom is -0.456 e. The predicted octanol–water partition coefficient (Wildman–Crippen LogP) is 21.1. The smallest absolute Gasteiger partial charge is 0.136 e. The third kappa shape index (κ3) is 6.39. The molecule has 0 aliphatic heterocycles. The number of fused-ring (bicyclic) bond motifs is 16. The van der Waals surface area contributed by atoms with Crippen LogP contribution < -0.4 is 0 Å². The van der Waals surface area contributed by atoms with Gasteiger partial charge in [-0.25, -0.2) is 0 Å². The molecule has 0 saturated carbocycles. The fraction of sp³-hybridized carbons (Fsp3) is 0.0400. The van der Waals surface area contributed by atoms with Crippen molar-refractivity contribution in [2.45, 2.75) is 19.3 Å². The zero-order valence-electron chi connectivity index (χ0n) is 42.2.